The maximum Gasteiger partial charge on any atom is 0.411 e. The molecule has 2 rings (SSSR count). The van der Waals surface area contributed by atoms with Crippen LogP contribution in [0.2, 0.25) is 0 Å². The molecular weight excluding hydrogens is 233 g/mol. The number of alkyl halides is 3. The van der Waals surface area contributed by atoms with Crippen molar-refractivity contribution in [3.63, 3.8) is 0 Å². The van der Waals surface area contributed by atoms with Crippen molar-refractivity contribution in [1.29, 1.82) is 0 Å². The summed E-state index contributed by atoms with van der Waals surface area (Å²) in [6.07, 6.45) is -1.79. The normalized spacial score (nSPS) is 27.6. The molecule has 0 aromatic carbocycles. The minimum absolute atomic E-state index is 0.0344. The van der Waals surface area contributed by atoms with Crippen molar-refractivity contribution < 1.29 is 18.0 Å². The molecule has 0 spiro atoms. The van der Waals surface area contributed by atoms with Crippen LogP contribution in [-0.2, 0) is 4.79 Å². The first-order valence-corrected chi connectivity index (χ1v) is 6.04. The zero-order valence-electron chi connectivity index (χ0n) is 9.81. The zero-order valence-corrected chi connectivity index (χ0v) is 9.81. The van der Waals surface area contributed by atoms with Crippen LogP contribution >= 0.6 is 0 Å². The molecule has 0 aromatic rings. The molecule has 1 atom stereocenters. The zero-order chi connectivity index (χ0) is 12.7. The molecule has 1 aliphatic heterocycles. The summed E-state index contributed by atoms with van der Waals surface area (Å²) in [4.78, 5) is 12.9. The molecule has 2 fully saturated rings. The minimum Gasteiger partial charge on any atom is -0.314 e. The van der Waals surface area contributed by atoms with E-state index in [4.69, 9.17) is 0 Å². The van der Waals surface area contributed by atoms with Crippen molar-refractivity contribution in [2.75, 3.05) is 6.67 Å². The van der Waals surface area contributed by atoms with Crippen molar-refractivity contribution in [2.24, 2.45) is 0 Å². The van der Waals surface area contributed by atoms with Crippen LogP contribution in [0.15, 0.2) is 0 Å². The first-order valence-electron chi connectivity index (χ1n) is 6.04. The molecule has 0 bridgehead atoms. The Labute approximate surface area is 98.3 Å². The third-order valence-electron chi connectivity index (χ3n) is 3.67. The molecule has 2 aliphatic rings. The van der Waals surface area contributed by atoms with Gasteiger partial charge < -0.3 is 4.90 Å². The second-order valence-electron chi connectivity index (χ2n) is 4.85. The summed E-state index contributed by atoms with van der Waals surface area (Å²) in [6, 6.07) is -0.422. The second kappa shape index (κ2) is 4.15. The Morgan fingerprint density at radius 1 is 1.47 bits per heavy atom. The maximum atomic E-state index is 12.9. The summed E-state index contributed by atoms with van der Waals surface area (Å²) in [5.74, 6) is -0.381. The topological polar surface area (TPSA) is 32.3 Å². The van der Waals surface area contributed by atoms with Gasteiger partial charge in [-0.05, 0) is 19.3 Å². The lowest BCUT2D eigenvalue weighted by Crippen LogP contribution is -2.50. The molecule has 1 unspecified atom stereocenters. The lowest BCUT2D eigenvalue weighted by Gasteiger charge is -2.29. The van der Waals surface area contributed by atoms with E-state index in [1.807, 2.05) is 6.92 Å². The first-order chi connectivity index (χ1) is 7.92. The van der Waals surface area contributed by atoms with Crippen molar-refractivity contribution in [2.45, 2.75) is 56.8 Å². The van der Waals surface area contributed by atoms with Crippen LogP contribution in [0.25, 0.3) is 0 Å². The van der Waals surface area contributed by atoms with Gasteiger partial charge in [0.15, 0.2) is 0 Å². The van der Waals surface area contributed by atoms with E-state index < -0.39 is 17.8 Å². The highest BCUT2D eigenvalue weighted by Crippen LogP contribution is 2.54. The Hall–Kier alpha value is -0.780. The van der Waals surface area contributed by atoms with Gasteiger partial charge in [0.1, 0.15) is 5.54 Å². The number of hydrogen-bond acceptors (Lipinski definition) is 2. The molecular formula is C11H17F3N2O. The summed E-state index contributed by atoms with van der Waals surface area (Å²) in [6.45, 7) is 2.03. The first kappa shape index (κ1) is 12.7. The van der Waals surface area contributed by atoms with Gasteiger partial charge in [-0.25, -0.2) is 0 Å². The molecule has 1 heterocycles. The van der Waals surface area contributed by atoms with Crippen LogP contribution in [0, 0.1) is 0 Å². The van der Waals surface area contributed by atoms with Crippen LogP contribution in [0.3, 0.4) is 0 Å². The average molecular weight is 250 g/mol. The van der Waals surface area contributed by atoms with Gasteiger partial charge in [-0.15, -0.1) is 0 Å². The third-order valence-corrected chi connectivity index (χ3v) is 3.67. The SMILES string of the molecule is CCCCC1NCN(C2(C(F)(F)F)CC2)C1=O. The predicted molar refractivity (Wildman–Crippen MR) is 56.2 cm³/mol. The van der Waals surface area contributed by atoms with Crippen LogP contribution < -0.4 is 5.32 Å². The van der Waals surface area contributed by atoms with E-state index in [-0.39, 0.29) is 25.4 Å². The van der Waals surface area contributed by atoms with E-state index in [2.05, 4.69) is 5.32 Å². The molecule has 1 saturated carbocycles. The molecule has 0 radical (unpaired) electrons. The number of carbonyl (C=O) groups excluding carboxylic acids is 1. The van der Waals surface area contributed by atoms with E-state index >= 15 is 0 Å². The van der Waals surface area contributed by atoms with Gasteiger partial charge >= 0.3 is 6.18 Å². The monoisotopic (exact) mass is 250 g/mol. The highest BCUT2D eigenvalue weighted by molar-refractivity contribution is 5.85. The minimum atomic E-state index is -4.30. The molecule has 3 nitrogen and oxygen atoms in total. The molecule has 6 heteroatoms. The summed E-state index contributed by atoms with van der Waals surface area (Å²) >= 11 is 0. The molecule has 1 aliphatic carbocycles. The number of nitrogens with one attached hydrogen (secondary N) is 1. The standard InChI is InChI=1S/C11H17F3N2O/c1-2-3-4-8-9(17)16(7-15-8)10(5-6-10)11(12,13)14/h8,15H,2-7H2,1H3. The molecule has 1 N–H and O–H groups in total. The van der Waals surface area contributed by atoms with Crippen molar-refractivity contribution in [3.05, 3.63) is 0 Å². The highest BCUT2D eigenvalue weighted by Gasteiger charge is 2.69. The number of hydrogen-bond donors (Lipinski definition) is 1. The van der Waals surface area contributed by atoms with Crippen molar-refractivity contribution in [1.82, 2.24) is 10.2 Å². The predicted octanol–water partition coefficient (Wildman–Crippen LogP) is 2.03. The van der Waals surface area contributed by atoms with Gasteiger partial charge in [0.05, 0.1) is 12.7 Å². The Balaban J connectivity index is 2.03. The van der Waals surface area contributed by atoms with Crippen LogP contribution in [0.4, 0.5) is 13.2 Å². The number of rotatable bonds is 4. The van der Waals surface area contributed by atoms with Gasteiger partial charge in [0, 0.05) is 0 Å². The largest absolute Gasteiger partial charge is 0.411 e. The Morgan fingerprint density at radius 2 is 2.12 bits per heavy atom. The number of carbonyl (C=O) groups is 1. The number of halogens is 3. The van der Waals surface area contributed by atoms with E-state index in [1.54, 1.807) is 0 Å². The van der Waals surface area contributed by atoms with Gasteiger partial charge in [-0.3, -0.25) is 10.1 Å². The van der Waals surface area contributed by atoms with Crippen LogP contribution in [0.5, 0.6) is 0 Å². The van der Waals surface area contributed by atoms with Gasteiger partial charge in [0.2, 0.25) is 5.91 Å². The maximum absolute atomic E-state index is 12.9. The fourth-order valence-corrected chi connectivity index (χ4v) is 2.38. The third kappa shape index (κ3) is 2.03. The summed E-state index contributed by atoms with van der Waals surface area (Å²) < 4.78 is 38.6. The number of unbranched alkanes of at least 4 members (excludes halogenated alkanes) is 1. The summed E-state index contributed by atoms with van der Waals surface area (Å²) in [5.41, 5.74) is -1.86. The van der Waals surface area contributed by atoms with E-state index in [0.29, 0.717) is 6.42 Å². The van der Waals surface area contributed by atoms with E-state index in [9.17, 15) is 18.0 Å². The lowest BCUT2D eigenvalue weighted by molar-refractivity contribution is -0.197. The van der Waals surface area contributed by atoms with Crippen LogP contribution in [-0.4, -0.2) is 35.2 Å². The fourth-order valence-electron chi connectivity index (χ4n) is 2.38. The number of nitrogens with zero attached hydrogens (tertiary/aromatic N) is 1. The molecule has 17 heavy (non-hydrogen) atoms. The Bertz CT molecular complexity index is 312. The smallest absolute Gasteiger partial charge is 0.314 e. The van der Waals surface area contributed by atoms with E-state index in [1.165, 1.54) is 0 Å². The Morgan fingerprint density at radius 3 is 2.59 bits per heavy atom. The summed E-state index contributed by atoms with van der Waals surface area (Å²) in [7, 11) is 0. The molecule has 98 valence electrons. The summed E-state index contributed by atoms with van der Waals surface area (Å²) in [5, 5.41) is 2.89. The van der Waals surface area contributed by atoms with E-state index in [0.717, 1.165) is 17.7 Å². The molecule has 1 amide bonds. The van der Waals surface area contributed by atoms with Gasteiger partial charge in [-0.2, -0.15) is 13.2 Å². The fraction of sp³-hybridized carbons (Fsp3) is 0.909. The van der Waals surface area contributed by atoms with Crippen molar-refractivity contribution >= 4 is 5.91 Å². The van der Waals surface area contributed by atoms with Crippen molar-refractivity contribution in [3.8, 4) is 0 Å². The highest BCUT2D eigenvalue weighted by atomic mass is 19.4. The molecule has 1 saturated heterocycles. The lowest BCUT2D eigenvalue weighted by atomic mass is 10.1. The van der Waals surface area contributed by atoms with Crippen LogP contribution in [0.1, 0.15) is 39.0 Å². The van der Waals surface area contributed by atoms with Gasteiger partial charge in [0.25, 0.3) is 0 Å². The quantitative estimate of drug-likeness (QED) is 0.828. The Kier molecular flexibility index (Phi) is 3.10. The average Bonchev–Trinajstić information content (AvgIpc) is 2.97. The molecule has 0 aromatic heterocycles. The second-order valence-corrected chi connectivity index (χ2v) is 4.85. The van der Waals surface area contributed by atoms with Gasteiger partial charge in [-0.1, -0.05) is 19.8 Å². The number of amides is 1.